The summed E-state index contributed by atoms with van der Waals surface area (Å²) in [6.45, 7) is 4.31. The van der Waals surface area contributed by atoms with E-state index in [0.29, 0.717) is 0 Å². The number of rotatable bonds is 1. The Kier molecular flexibility index (Phi) is 2.00. The predicted molar refractivity (Wildman–Crippen MR) is 57.9 cm³/mol. The molecule has 13 heavy (non-hydrogen) atoms. The van der Waals surface area contributed by atoms with E-state index in [-0.39, 0.29) is 0 Å². The van der Waals surface area contributed by atoms with Gasteiger partial charge in [-0.1, -0.05) is 0 Å². The second-order valence-electron chi connectivity index (χ2n) is 3.13. The van der Waals surface area contributed by atoms with E-state index < -0.39 is 0 Å². The second-order valence-corrected chi connectivity index (χ2v) is 4.55. The van der Waals surface area contributed by atoms with Crippen LogP contribution in [0.4, 0.5) is 0 Å². The number of thiophene rings is 1. The summed E-state index contributed by atoms with van der Waals surface area (Å²) in [4.78, 5) is 2.75. The van der Waals surface area contributed by atoms with Crippen LogP contribution in [0.5, 0.6) is 5.75 Å². The van der Waals surface area contributed by atoms with Gasteiger partial charge in [0.15, 0.2) is 0 Å². The van der Waals surface area contributed by atoms with Gasteiger partial charge in [-0.15, -0.1) is 11.3 Å². The van der Waals surface area contributed by atoms with Gasteiger partial charge in [0.25, 0.3) is 0 Å². The summed E-state index contributed by atoms with van der Waals surface area (Å²) < 4.78 is 5.19. The maximum Gasteiger partial charge on any atom is 0.119 e. The average molecular weight is 192 g/mol. The van der Waals surface area contributed by atoms with Gasteiger partial charge in [0.2, 0.25) is 0 Å². The molecule has 0 amide bonds. The van der Waals surface area contributed by atoms with Gasteiger partial charge in [-0.25, -0.2) is 0 Å². The van der Waals surface area contributed by atoms with Crippen LogP contribution in [0.3, 0.4) is 0 Å². The van der Waals surface area contributed by atoms with E-state index in [2.05, 4.69) is 26.0 Å². The molecule has 0 saturated carbocycles. The zero-order chi connectivity index (χ0) is 9.42. The van der Waals surface area contributed by atoms with Crippen molar-refractivity contribution >= 4 is 22.1 Å². The Morgan fingerprint density at radius 1 is 1.08 bits per heavy atom. The number of fused-ring (bicyclic) bond motifs is 1. The SMILES string of the molecule is COc1ccc2c(C)sc(C)c2c1. The van der Waals surface area contributed by atoms with Crippen molar-refractivity contribution in [3.8, 4) is 5.75 Å². The molecule has 0 spiro atoms. The van der Waals surface area contributed by atoms with Crippen LogP contribution in [0.1, 0.15) is 9.75 Å². The number of ether oxygens (including phenoxy) is 1. The first kappa shape index (κ1) is 8.57. The van der Waals surface area contributed by atoms with Crippen LogP contribution in [0, 0.1) is 13.8 Å². The largest absolute Gasteiger partial charge is 0.497 e. The third-order valence-corrected chi connectivity index (χ3v) is 3.34. The molecule has 1 heterocycles. The Balaban J connectivity index is 2.76. The summed E-state index contributed by atoms with van der Waals surface area (Å²) in [6, 6.07) is 6.25. The summed E-state index contributed by atoms with van der Waals surface area (Å²) in [6.07, 6.45) is 0. The molecule has 2 heteroatoms. The average Bonchev–Trinajstić information content (AvgIpc) is 2.42. The Bertz CT molecular complexity index is 443. The van der Waals surface area contributed by atoms with Crippen molar-refractivity contribution in [3.63, 3.8) is 0 Å². The van der Waals surface area contributed by atoms with Gasteiger partial charge in [-0.3, -0.25) is 0 Å². The Labute approximate surface area is 82.0 Å². The van der Waals surface area contributed by atoms with Gasteiger partial charge in [0.05, 0.1) is 7.11 Å². The minimum atomic E-state index is 0.938. The number of benzene rings is 1. The fourth-order valence-electron chi connectivity index (χ4n) is 1.59. The van der Waals surface area contributed by atoms with Crippen molar-refractivity contribution in [1.29, 1.82) is 0 Å². The molecule has 0 bridgehead atoms. The number of aryl methyl sites for hydroxylation is 2. The minimum Gasteiger partial charge on any atom is -0.497 e. The molecule has 0 N–H and O–H groups in total. The van der Waals surface area contributed by atoms with Crippen LogP contribution < -0.4 is 4.74 Å². The fraction of sp³-hybridized carbons (Fsp3) is 0.273. The third kappa shape index (κ3) is 1.31. The van der Waals surface area contributed by atoms with Gasteiger partial charge in [0, 0.05) is 9.75 Å². The molecule has 2 aromatic rings. The minimum absolute atomic E-state index is 0.938. The van der Waals surface area contributed by atoms with Crippen LogP contribution in [-0.2, 0) is 0 Å². The van der Waals surface area contributed by atoms with Gasteiger partial charge in [-0.05, 0) is 42.8 Å². The number of hydrogen-bond acceptors (Lipinski definition) is 2. The molecule has 0 fully saturated rings. The van der Waals surface area contributed by atoms with Gasteiger partial charge >= 0.3 is 0 Å². The summed E-state index contributed by atoms with van der Waals surface area (Å²) in [5.41, 5.74) is 0. The van der Waals surface area contributed by atoms with Crippen molar-refractivity contribution in [2.45, 2.75) is 13.8 Å². The lowest BCUT2D eigenvalue weighted by molar-refractivity contribution is 0.415. The number of methoxy groups -OCH3 is 1. The van der Waals surface area contributed by atoms with Crippen molar-refractivity contribution < 1.29 is 4.74 Å². The van der Waals surface area contributed by atoms with E-state index in [0.717, 1.165) is 5.75 Å². The zero-order valence-electron chi connectivity index (χ0n) is 8.05. The molecule has 68 valence electrons. The molecule has 0 atom stereocenters. The highest BCUT2D eigenvalue weighted by Gasteiger charge is 2.05. The standard InChI is InChI=1S/C11H12OS/c1-7-10-5-4-9(12-3)6-11(10)8(2)13-7/h4-6H,1-3H3. The highest BCUT2D eigenvalue weighted by Crippen LogP contribution is 2.32. The molecule has 0 aliphatic heterocycles. The van der Waals surface area contributed by atoms with E-state index in [1.165, 1.54) is 20.5 Å². The van der Waals surface area contributed by atoms with Crippen LogP contribution in [0.15, 0.2) is 18.2 Å². The van der Waals surface area contributed by atoms with Crippen molar-refractivity contribution in [3.05, 3.63) is 28.0 Å². The van der Waals surface area contributed by atoms with Crippen LogP contribution in [0.2, 0.25) is 0 Å². The van der Waals surface area contributed by atoms with E-state index in [4.69, 9.17) is 4.74 Å². The Hall–Kier alpha value is -1.02. The summed E-state index contributed by atoms with van der Waals surface area (Å²) in [5.74, 6) is 0.938. The lowest BCUT2D eigenvalue weighted by atomic mass is 10.1. The van der Waals surface area contributed by atoms with E-state index in [9.17, 15) is 0 Å². The molecule has 0 radical (unpaired) electrons. The highest BCUT2D eigenvalue weighted by molar-refractivity contribution is 7.13. The molecule has 0 aliphatic carbocycles. The fourth-order valence-corrected chi connectivity index (χ4v) is 2.61. The Morgan fingerprint density at radius 2 is 1.77 bits per heavy atom. The zero-order valence-corrected chi connectivity index (χ0v) is 8.87. The number of hydrogen-bond donors (Lipinski definition) is 0. The molecule has 0 unspecified atom stereocenters. The van der Waals surface area contributed by atoms with Crippen molar-refractivity contribution in [2.24, 2.45) is 0 Å². The van der Waals surface area contributed by atoms with Crippen molar-refractivity contribution in [2.75, 3.05) is 7.11 Å². The lowest BCUT2D eigenvalue weighted by Gasteiger charge is -1.99. The first-order chi connectivity index (χ1) is 6.22. The van der Waals surface area contributed by atoms with Gasteiger partial charge in [0.1, 0.15) is 5.75 Å². The second kappa shape index (κ2) is 3.04. The monoisotopic (exact) mass is 192 g/mol. The van der Waals surface area contributed by atoms with E-state index >= 15 is 0 Å². The maximum atomic E-state index is 5.19. The lowest BCUT2D eigenvalue weighted by Crippen LogP contribution is -1.81. The first-order valence-electron chi connectivity index (χ1n) is 4.26. The molecular formula is C11H12OS. The Morgan fingerprint density at radius 3 is 2.46 bits per heavy atom. The van der Waals surface area contributed by atoms with Gasteiger partial charge in [-0.2, -0.15) is 0 Å². The molecule has 1 aromatic heterocycles. The molecule has 0 saturated heterocycles. The third-order valence-electron chi connectivity index (χ3n) is 2.29. The normalized spacial score (nSPS) is 10.7. The molecule has 2 rings (SSSR count). The quantitative estimate of drug-likeness (QED) is 0.671. The summed E-state index contributed by atoms with van der Waals surface area (Å²) in [7, 11) is 1.70. The smallest absolute Gasteiger partial charge is 0.119 e. The molecule has 1 nitrogen and oxygen atoms in total. The van der Waals surface area contributed by atoms with E-state index in [1.807, 2.05) is 17.4 Å². The maximum absolute atomic E-state index is 5.19. The van der Waals surface area contributed by atoms with Crippen LogP contribution >= 0.6 is 11.3 Å². The van der Waals surface area contributed by atoms with Crippen molar-refractivity contribution in [1.82, 2.24) is 0 Å². The molecule has 0 aliphatic rings. The molecule has 1 aromatic carbocycles. The van der Waals surface area contributed by atoms with E-state index in [1.54, 1.807) is 7.11 Å². The van der Waals surface area contributed by atoms with Crippen LogP contribution in [-0.4, -0.2) is 7.11 Å². The van der Waals surface area contributed by atoms with Crippen LogP contribution in [0.25, 0.3) is 10.8 Å². The molecular weight excluding hydrogens is 180 g/mol. The first-order valence-corrected chi connectivity index (χ1v) is 5.08. The highest BCUT2D eigenvalue weighted by atomic mass is 32.1. The topological polar surface area (TPSA) is 9.23 Å². The summed E-state index contributed by atoms with van der Waals surface area (Å²) >= 11 is 1.85. The van der Waals surface area contributed by atoms with Gasteiger partial charge < -0.3 is 4.74 Å². The predicted octanol–water partition coefficient (Wildman–Crippen LogP) is 3.53. The summed E-state index contributed by atoms with van der Waals surface area (Å²) in [5, 5.41) is 2.67.